The smallest absolute Gasteiger partial charge is 0.411 e. The molecule has 52 heavy (non-hydrogen) atoms. The molecule has 1 aliphatic heterocycles. The van der Waals surface area contributed by atoms with Crippen LogP contribution in [0.3, 0.4) is 0 Å². The number of nitrogens with zero attached hydrogens (tertiary/aromatic N) is 6. The monoisotopic (exact) mass is 702 g/mol. The third-order valence-electron chi connectivity index (χ3n) is 9.89. The summed E-state index contributed by atoms with van der Waals surface area (Å²) < 4.78 is 37.6. The summed E-state index contributed by atoms with van der Waals surface area (Å²) in [6.07, 6.45) is 0.0337. The van der Waals surface area contributed by atoms with Gasteiger partial charge in [-0.05, 0) is 47.9 Å². The van der Waals surface area contributed by atoms with E-state index < -0.39 is 53.3 Å². The standard InChI is InChI=1S/C38H32F2N8O4/c1-20(46(2)38(51)52-34-26-10-6-4-8-24(26)25-9-5-7-11-27(25)34)36(49)42-19-48-37(50)28-16-23(40)17-29-30(28)33(45-48)31(35-41-18-43-47(35)3)32(44-29)21-12-14-22(39)15-13-21/h4-18,20,31-32,34,44H,19H2,1-3H3,(H,42,49)/t20-,31+,32+/m0/s1. The normalized spacial score (nSPS) is 16.5. The topological polar surface area (TPSA) is 136 Å². The van der Waals surface area contributed by atoms with Gasteiger partial charge in [-0.3, -0.25) is 19.2 Å². The highest BCUT2D eigenvalue weighted by molar-refractivity contribution is 5.97. The van der Waals surface area contributed by atoms with Gasteiger partial charge in [-0.1, -0.05) is 60.7 Å². The average molecular weight is 703 g/mol. The summed E-state index contributed by atoms with van der Waals surface area (Å²) >= 11 is 0. The first kappa shape index (κ1) is 32.7. The highest BCUT2D eigenvalue weighted by Gasteiger charge is 2.39. The molecular weight excluding hydrogens is 670 g/mol. The number of nitrogens with one attached hydrogen (secondary N) is 2. The largest absolute Gasteiger partial charge is 0.436 e. The van der Waals surface area contributed by atoms with Gasteiger partial charge in [0.15, 0.2) is 6.10 Å². The summed E-state index contributed by atoms with van der Waals surface area (Å²) in [5.41, 5.74) is 4.40. The van der Waals surface area contributed by atoms with Crippen molar-refractivity contribution in [3.8, 4) is 11.1 Å². The predicted octanol–water partition coefficient (Wildman–Crippen LogP) is 5.40. The Bertz CT molecular complexity index is 2400. The molecule has 8 rings (SSSR count). The number of aromatic nitrogens is 5. The molecule has 1 aliphatic carbocycles. The fourth-order valence-corrected chi connectivity index (χ4v) is 7.12. The van der Waals surface area contributed by atoms with Gasteiger partial charge in [0.1, 0.15) is 36.5 Å². The Balaban J connectivity index is 1.07. The third-order valence-corrected chi connectivity index (χ3v) is 9.89. The van der Waals surface area contributed by atoms with Crippen molar-refractivity contribution in [1.29, 1.82) is 0 Å². The van der Waals surface area contributed by atoms with Crippen LogP contribution in [0.4, 0.5) is 19.3 Å². The van der Waals surface area contributed by atoms with Crippen LogP contribution in [0.5, 0.6) is 0 Å². The number of rotatable bonds is 7. The zero-order chi connectivity index (χ0) is 36.3. The van der Waals surface area contributed by atoms with Crippen LogP contribution < -0.4 is 16.2 Å². The molecule has 12 nitrogen and oxygen atoms in total. The summed E-state index contributed by atoms with van der Waals surface area (Å²) in [6, 6.07) is 22.1. The van der Waals surface area contributed by atoms with Crippen molar-refractivity contribution < 1.29 is 23.1 Å². The Morgan fingerprint density at radius 1 is 0.981 bits per heavy atom. The van der Waals surface area contributed by atoms with Crippen LogP contribution >= 0.6 is 0 Å². The number of carbonyl (C=O) groups excluding carboxylic acids is 2. The number of hydrogen-bond donors (Lipinski definition) is 2. The van der Waals surface area contributed by atoms with Crippen molar-refractivity contribution in [2.24, 2.45) is 7.05 Å². The molecule has 0 fully saturated rings. The number of anilines is 1. The highest BCUT2D eigenvalue weighted by Crippen LogP contribution is 2.47. The maximum atomic E-state index is 15.1. The zero-order valence-corrected chi connectivity index (χ0v) is 28.2. The van der Waals surface area contributed by atoms with E-state index in [1.165, 1.54) is 43.4 Å². The molecule has 2 N–H and O–H groups in total. The lowest BCUT2D eigenvalue weighted by molar-refractivity contribution is -0.125. The molecule has 2 amide bonds. The number of hydrogen-bond acceptors (Lipinski definition) is 8. The van der Waals surface area contributed by atoms with Crippen LogP contribution in [0.15, 0.2) is 96.1 Å². The zero-order valence-electron chi connectivity index (χ0n) is 28.2. The van der Waals surface area contributed by atoms with E-state index in [1.54, 1.807) is 23.9 Å². The molecular formula is C38H32F2N8O4. The first-order chi connectivity index (χ1) is 25.1. The van der Waals surface area contributed by atoms with Crippen LogP contribution in [0.1, 0.15) is 53.2 Å². The average Bonchev–Trinajstić information content (AvgIpc) is 3.71. The minimum atomic E-state index is -1.00. The summed E-state index contributed by atoms with van der Waals surface area (Å²) in [4.78, 5) is 46.3. The first-order valence-corrected chi connectivity index (χ1v) is 16.6. The Morgan fingerprint density at radius 2 is 1.65 bits per heavy atom. The second-order valence-corrected chi connectivity index (χ2v) is 12.9. The van der Waals surface area contributed by atoms with Crippen LogP contribution in [0, 0.1) is 11.6 Å². The molecule has 0 bridgehead atoms. The maximum Gasteiger partial charge on any atom is 0.411 e. The Morgan fingerprint density at radius 3 is 2.31 bits per heavy atom. The molecule has 3 atom stereocenters. The number of aryl methyl sites for hydroxylation is 1. The lowest BCUT2D eigenvalue weighted by Gasteiger charge is -2.34. The second-order valence-electron chi connectivity index (χ2n) is 12.9. The number of amides is 2. The summed E-state index contributed by atoms with van der Waals surface area (Å²) in [5, 5.41) is 15.4. The lowest BCUT2D eigenvalue weighted by Crippen LogP contribution is -2.47. The molecule has 3 heterocycles. The summed E-state index contributed by atoms with van der Waals surface area (Å²) in [6.45, 7) is 1.15. The quantitative estimate of drug-likeness (QED) is 0.226. The number of likely N-dealkylation sites (N-methyl/N-ethyl adjacent to an activating group) is 1. The first-order valence-electron chi connectivity index (χ1n) is 16.6. The van der Waals surface area contributed by atoms with Crippen molar-refractivity contribution >= 4 is 28.5 Å². The van der Waals surface area contributed by atoms with Gasteiger partial charge in [-0.25, -0.2) is 23.2 Å². The third kappa shape index (κ3) is 5.43. The van der Waals surface area contributed by atoms with E-state index in [-0.39, 0.29) is 12.1 Å². The van der Waals surface area contributed by atoms with E-state index in [9.17, 15) is 18.8 Å². The SMILES string of the molecule is C[C@@H](C(=O)NCn1nc2c3c(cc(F)cc3c1=O)N[C@H](c1ccc(F)cc1)[C@H]2c1ncnn1C)N(C)C(=O)OC1c2ccccc2-c2ccccc21. The molecule has 4 aromatic carbocycles. The van der Waals surface area contributed by atoms with Crippen molar-refractivity contribution in [2.75, 3.05) is 12.4 Å². The molecule has 0 saturated carbocycles. The fraction of sp³-hybridized carbons (Fsp3) is 0.211. The summed E-state index contributed by atoms with van der Waals surface area (Å²) in [7, 11) is 3.17. The predicted molar refractivity (Wildman–Crippen MR) is 187 cm³/mol. The lowest BCUT2D eigenvalue weighted by atomic mass is 9.83. The van der Waals surface area contributed by atoms with Crippen molar-refractivity contribution in [1.82, 2.24) is 34.8 Å². The van der Waals surface area contributed by atoms with Crippen molar-refractivity contribution in [2.45, 2.75) is 37.7 Å². The minimum absolute atomic E-state index is 0.0392. The maximum absolute atomic E-state index is 15.1. The van der Waals surface area contributed by atoms with Gasteiger partial charge in [-0.2, -0.15) is 10.2 Å². The number of halogens is 2. The van der Waals surface area contributed by atoms with E-state index in [4.69, 9.17) is 9.84 Å². The Hall–Kier alpha value is -6.44. The minimum Gasteiger partial charge on any atom is -0.436 e. The summed E-state index contributed by atoms with van der Waals surface area (Å²) in [5.74, 6) is -1.83. The molecule has 6 aromatic rings. The van der Waals surface area contributed by atoms with Crippen LogP contribution in [-0.2, 0) is 23.2 Å². The van der Waals surface area contributed by atoms with Gasteiger partial charge in [0.25, 0.3) is 5.56 Å². The van der Waals surface area contributed by atoms with E-state index >= 15 is 4.39 Å². The van der Waals surface area contributed by atoms with Gasteiger partial charge >= 0.3 is 6.09 Å². The van der Waals surface area contributed by atoms with E-state index in [2.05, 4.69) is 20.7 Å². The molecule has 0 spiro atoms. The number of carbonyl (C=O) groups is 2. The molecule has 0 unspecified atom stereocenters. The second kappa shape index (κ2) is 12.7. The van der Waals surface area contributed by atoms with Gasteiger partial charge in [0.05, 0.1) is 23.0 Å². The van der Waals surface area contributed by atoms with Gasteiger partial charge in [0, 0.05) is 36.3 Å². The van der Waals surface area contributed by atoms with Crippen molar-refractivity contribution in [3.63, 3.8) is 0 Å². The molecule has 0 radical (unpaired) electrons. The number of ether oxygens (including phenoxy) is 1. The van der Waals surface area contributed by atoms with E-state index in [1.807, 2.05) is 48.5 Å². The van der Waals surface area contributed by atoms with E-state index in [0.29, 0.717) is 28.2 Å². The Labute approximate surface area is 295 Å². The molecule has 262 valence electrons. The van der Waals surface area contributed by atoms with Crippen LogP contribution in [0.2, 0.25) is 0 Å². The Kier molecular flexibility index (Phi) is 8.00. The molecule has 2 aromatic heterocycles. The fourth-order valence-electron chi connectivity index (χ4n) is 7.12. The van der Waals surface area contributed by atoms with Crippen molar-refractivity contribution in [3.05, 3.63) is 141 Å². The molecule has 14 heteroatoms. The molecule has 0 saturated heterocycles. The number of benzene rings is 4. The van der Waals surface area contributed by atoms with Crippen LogP contribution in [0.25, 0.3) is 21.9 Å². The van der Waals surface area contributed by atoms with Gasteiger partial charge < -0.3 is 15.4 Å². The van der Waals surface area contributed by atoms with Gasteiger partial charge in [0.2, 0.25) is 5.91 Å². The van der Waals surface area contributed by atoms with E-state index in [0.717, 1.165) is 33.0 Å². The van der Waals surface area contributed by atoms with Gasteiger partial charge in [-0.15, -0.1) is 0 Å². The van der Waals surface area contributed by atoms with Crippen LogP contribution in [-0.4, -0.2) is 54.5 Å². The number of fused-ring (bicyclic) bond motifs is 3. The molecule has 2 aliphatic rings. The highest BCUT2D eigenvalue weighted by atomic mass is 19.1.